The predicted octanol–water partition coefficient (Wildman–Crippen LogP) is 14.1. The fourth-order valence-corrected chi connectivity index (χ4v) is 9.17. The quantitative estimate of drug-likeness (QED) is 0.171. The molecule has 11 aromatic rings. The van der Waals surface area contributed by atoms with Crippen LogP contribution in [0.2, 0.25) is 0 Å². The Kier molecular flexibility index (Phi) is 7.64. The molecule has 0 aliphatic carbocycles. The van der Waals surface area contributed by atoms with Crippen molar-refractivity contribution in [2.45, 2.75) is 0 Å². The second kappa shape index (κ2) is 13.3. The maximum Gasteiger partial charge on any atom is 0.164 e. The average Bonchev–Trinajstić information content (AvgIpc) is 3.86. The van der Waals surface area contributed by atoms with Crippen molar-refractivity contribution in [1.29, 1.82) is 0 Å². The lowest BCUT2D eigenvalue weighted by molar-refractivity contribution is 0.669. The highest BCUT2D eigenvalue weighted by Crippen LogP contribution is 2.46. The maximum atomic E-state index is 6.55. The van der Waals surface area contributed by atoms with E-state index in [4.69, 9.17) is 19.4 Å². The van der Waals surface area contributed by atoms with Crippen LogP contribution in [0.15, 0.2) is 192 Å². The molecular weight excluding hydrogens is 703 g/mol. The lowest BCUT2D eigenvalue weighted by Gasteiger charge is -2.11. The van der Waals surface area contributed by atoms with Gasteiger partial charge in [-0.05, 0) is 63.7 Å². The SMILES string of the molecule is c1ccc(-c2cccc(-c3nc(-c4ccccc4)nc(-c4cccc5oc6ccc(-c7ccc(-c8ccccc8)c8sc9ccccc9c78)cc6c45)n3)c2)cc1. The van der Waals surface area contributed by atoms with E-state index in [1.54, 1.807) is 0 Å². The van der Waals surface area contributed by atoms with Gasteiger partial charge in [0.05, 0.1) is 0 Å². The zero-order valence-corrected chi connectivity index (χ0v) is 30.9. The first-order valence-electron chi connectivity index (χ1n) is 18.7. The Hall–Kier alpha value is -7.21. The van der Waals surface area contributed by atoms with E-state index in [1.807, 2.05) is 59.9 Å². The summed E-state index contributed by atoms with van der Waals surface area (Å²) >= 11 is 1.86. The number of fused-ring (bicyclic) bond motifs is 6. The van der Waals surface area contributed by atoms with Gasteiger partial charge in [0.1, 0.15) is 11.2 Å². The molecule has 3 aromatic heterocycles. The van der Waals surface area contributed by atoms with Crippen molar-refractivity contribution in [3.8, 4) is 67.5 Å². The summed E-state index contributed by atoms with van der Waals surface area (Å²) < 4.78 is 9.11. The van der Waals surface area contributed by atoms with E-state index in [1.165, 1.54) is 36.9 Å². The van der Waals surface area contributed by atoms with E-state index in [9.17, 15) is 0 Å². The van der Waals surface area contributed by atoms with Gasteiger partial charge in [-0.2, -0.15) is 0 Å². The number of rotatable bonds is 6. The Morgan fingerprint density at radius 3 is 1.77 bits per heavy atom. The third-order valence-electron chi connectivity index (χ3n) is 10.6. The average molecular weight is 734 g/mol. The first kappa shape index (κ1) is 32.2. The Balaban J connectivity index is 1.12. The van der Waals surface area contributed by atoms with Crippen LogP contribution >= 0.6 is 11.3 Å². The van der Waals surface area contributed by atoms with Crippen molar-refractivity contribution >= 4 is 53.4 Å². The van der Waals surface area contributed by atoms with Gasteiger partial charge in [-0.25, -0.2) is 15.0 Å². The first-order valence-corrected chi connectivity index (χ1v) is 19.5. The summed E-state index contributed by atoms with van der Waals surface area (Å²) in [6.45, 7) is 0. The van der Waals surface area contributed by atoms with Gasteiger partial charge in [-0.1, -0.05) is 158 Å². The topological polar surface area (TPSA) is 51.8 Å². The molecule has 0 saturated carbocycles. The van der Waals surface area contributed by atoms with Crippen molar-refractivity contribution in [2.24, 2.45) is 0 Å². The van der Waals surface area contributed by atoms with E-state index >= 15 is 0 Å². The van der Waals surface area contributed by atoms with Crippen LogP contribution in [0, 0.1) is 0 Å². The number of hydrogen-bond acceptors (Lipinski definition) is 5. The zero-order valence-electron chi connectivity index (χ0n) is 30.1. The molecule has 0 spiro atoms. The third kappa shape index (κ3) is 5.48. The molecule has 0 amide bonds. The largest absolute Gasteiger partial charge is 0.456 e. The molecule has 0 fully saturated rings. The van der Waals surface area contributed by atoms with Crippen molar-refractivity contribution in [3.05, 3.63) is 188 Å². The van der Waals surface area contributed by atoms with Gasteiger partial charge in [0.25, 0.3) is 0 Å². The summed E-state index contributed by atoms with van der Waals surface area (Å²) in [7, 11) is 0. The van der Waals surface area contributed by atoms with Gasteiger partial charge < -0.3 is 4.42 Å². The Morgan fingerprint density at radius 1 is 0.339 bits per heavy atom. The molecule has 4 nitrogen and oxygen atoms in total. The molecule has 0 unspecified atom stereocenters. The summed E-state index contributed by atoms with van der Waals surface area (Å²) in [5, 5.41) is 4.53. The van der Waals surface area contributed by atoms with Crippen molar-refractivity contribution < 1.29 is 4.42 Å². The summed E-state index contributed by atoms with van der Waals surface area (Å²) in [6.07, 6.45) is 0. The minimum atomic E-state index is 0.594. The van der Waals surface area contributed by atoms with Crippen LogP contribution in [-0.4, -0.2) is 15.0 Å². The van der Waals surface area contributed by atoms with Crippen LogP contribution in [0.25, 0.3) is 110 Å². The van der Waals surface area contributed by atoms with Crippen LogP contribution in [-0.2, 0) is 0 Å². The highest BCUT2D eigenvalue weighted by Gasteiger charge is 2.20. The Morgan fingerprint density at radius 2 is 0.964 bits per heavy atom. The molecule has 56 heavy (non-hydrogen) atoms. The lowest BCUT2D eigenvalue weighted by atomic mass is 9.94. The summed E-state index contributed by atoms with van der Waals surface area (Å²) in [6, 6.07) is 65.6. The van der Waals surface area contributed by atoms with Crippen LogP contribution in [0.5, 0.6) is 0 Å². The van der Waals surface area contributed by atoms with Crippen molar-refractivity contribution in [1.82, 2.24) is 15.0 Å². The van der Waals surface area contributed by atoms with Crippen molar-refractivity contribution in [2.75, 3.05) is 0 Å². The molecule has 3 heterocycles. The van der Waals surface area contributed by atoms with Gasteiger partial charge in [0.15, 0.2) is 17.5 Å². The fourth-order valence-electron chi connectivity index (χ4n) is 7.90. The maximum absolute atomic E-state index is 6.55. The Labute approximate surface area is 327 Å². The molecule has 0 N–H and O–H groups in total. The molecule has 0 radical (unpaired) electrons. The standard InChI is InChI=1S/C51H31N3OS/c1-4-14-32(15-5-1)35-20-12-21-37(30-35)50-52-49(34-18-8-3-9-19-34)53-51(54-50)41-23-13-24-44-46(41)42-31-36(26-29-43(42)55-44)38-27-28-39(33-16-6-2-7-17-33)48-47(38)40-22-10-11-25-45(40)56-48/h1-31H. The van der Waals surface area contributed by atoms with Crippen LogP contribution in [0.4, 0.5) is 0 Å². The molecule has 8 aromatic carbocycles. The number of nitrogens with zero attached hydrogens (tertiary/aromatic N) is 3. The fraction of sp³-hybridized carbons (Fsp3) is 0. The van der Waals surface area contributed by atoms with Gasteiger partial charge in [0, 0.05) is 47.6 Å². The predicted molar refractivity (Wildman–Crippen MR) is 233 cm³/mol. The second-order valence-electron chi connectivity index (χ2n) is 13.9. The van der Waals surface area contributed by atoms with Gasteiger partial charge in [-0.3, -0.25) is 0 Å². The molecule has 0 atom stereocenters. The van der Waals surface area contributed by atoms with Crippen molar-refractivity contribution in [3.63, 3.8) is 0 Å². The zero-order chi connectivity index (χ0) is 37.0. The summed E-state index contributed by atoms with van der Waals surface area (Å²) in [4.78, 5) is 15.4. The number of aromatic nitrogens is 3. The van der Waals surface area contributed by atoms with E-state index in [-0.39, 0.29) is 0 Å². The molecule has 0 aliphatic rings. The summed E-state index contributed by atoms with van der Waals surface area (Å²) in [5.74, 6) is 1.82. The molecule has 0 bridgehead atoms. The number of furan rings is 1. The molecule has 0 saturated heterocycles. The van der Waals surface area contributed by atoms with E-state index < -0.39 is 0 Å². The number of benzene rings is 8. The van der Waals surface area contributed by atoms with Crippen LogP contribution in [0.3, 0.4) is 0 Å². The monoisotopic (exact) mass is 733 g/mol. The summed E-state index contributed by atoms with van der Waals surface area (Å²) in [5.41, 5.74) is 11.4. The second-order valence-corrected chi connectivity index (χ2v) is 15.0. The van der Waals surface area contributed by atoms with Gasteiger partial charge in [0.2, 0.25) is 0 Å². The number of thiophene rings is 1. The van der Waals surface area contributed by atoms with E-state index in [0.29, 0.717) is 17.5 Å². The van der Waals surface area contributed by atoms with E-state index in [0.717, 1.165) is 55.3 Å². The molecule has 5 heteroatoms. The molecular formula is C51H31N3OS. The third-order valence-corrected chi connectivity index (χ3v) is 11.8. The van der Waals surface area contributed by atoms with E-state index in [2.05, 4.69) is 140 Å². The Bertz CT molecular complexity index is 3240. The normalized spacial score (nSPS) is 11.6. The molecule has 262 valence electrons. The first-order chi connectivity index (χ1) is 27.7. The minimum absolute atomic E-state index is 0.594. The number of hydrogen-bond donors (Lipinski definition) is 0. The highest BCUT2D eigenvalue weighted by atomic mass is 32.1. The lowest BCUT2D eigenvalue weighted by Crippen LogP contribution is -2.00. The van der Waals surface area contributed by atoms with Gasteiger partial charge in [-0.15, -0.1) is 11.3 Å². The molecule has 0 aliphatic heterocycles. The molecule has 11 rings (SSSR count). The highest BCUT2D eigenvalue weighted by molar-refractivity contribution is 7.26. The van der Waals surface area contributed by atoms with Gasteiger partial charge >= 0.3 is 0 Å². The minimum Gasteiger partial charge on any atom is -0.456 e. The smallest absolute Gasteiger partial charge is 0.164 e. The van der Waals surface area contributed by atoms with Crippen LogP contribution in [0.1, 0.15) is 0 Å². The van der Waals surface area contributed by atoms with Crippen LogP contribution < -0.4 is 0 Å².